The van der Waals surface area contributed by atoms with Crippen molar-refractivity contribution in [3.63, 3.8) is 0 Å². The van der Waals surface area contributed by atoms with Crippen LogP contribution in [0.3, 0.4) is 0 Å². The zero-order valence-electron chi connectivity index (χ0n) is 15.2. The monoisotopic (exact) mass is 412 g/mol. The molecule has 3 amide bonds. The lowest BCUT2D eigenvalue weighted by atomic mass is 9.97. The van der Waals surface area contributed by atoms with Crippen LogP contribution in [0.15, 0.2) is 18.2 Å². The van der Waals surface area contributed by atoms with Crippen LogP contribution in [0.25, 0.3) is 0 Å². The first-order valence-corrected chi connectivity index (χ1v) is 9.86. The standard InChI is InChI=1S/C19H25ClN4O2.ClH/c20-16-6-4-14(18(25)23-7-1-2-8-23)9-17(16)22-19(26)24-11-13-3-5-15(12-24)21-10-13;/h4,6,9,13,15,21H,1-3,5,7-8,10-12H2,(H,22,26);1H/t13-,15-;/m0./s1. The molecule has 5 rings (SSSR count). The minimum absolute atomic E-state index is 0. The number of carbonyl (C=O) groups excluding carboxylic acids is 2. The molecule has 0 aliphatic carbocycles. The third kappa shape index (κ3) is 4.50. The van der Waals surface area contributed by atoms with Crippen molar-refractivity contribution in [3.05, 3.63) is 28.8 Å². The fraction of sp³-hybridized carbons (Fsp3) is 0.579. The summed E-state index contributed by atoms with van der Waals surface area (Å²) in [5.41, 5.74) is 1.08. The Balaban J connectivity index is 0.00000210. The summed E-state index contributed by atoms with van der Waals surface area (Å²) >= 11 is 6.28. The summed E-state index contributed by atoms with van der Waals surface area (Å²) in [6.07, 6.45) is 4.39. The summed E-state index contributed by atoms with van der Waals surface area (Å²) in [6.45, 7) is 4.06. The summed E-state index contributed by atoms with van der Waals surface area (Å²) in [6, 6.07) is 5.35. The first kappa shape index (κ1) is 20.2. The molecule has 0 saturated carbocycles. The van der Waals surface area contributed by atoms with Crippen molar-refractivity contribution in [2.24, 2.45) is 5.92 Å². The van der Waals surface area contributed by atoms with Gasteiger partial charge in [-0.1, -0.05) is 11.6 Å². The van der Waals surface area contributed by atoms with E-state index in [9.17, 15) is 9.59 Å². The summed E-state index contributed by atoms with van der Waals surface area (Å²) in [5, 5.41) is 6.87. The molecule has 8 heteroatoms. The van der Waals surface area contributed by atoms with Gasteiger partial charge in [-0.25, -0.2) is 4.79 Å². The van der Waals surface area contributed by atoms with Gasteiger partial charge in [-0.2, -0.15) is 0 Å². The van der Waals surface area contributed by atoms with Gasteiger partial charge in [0, 0.05) is 37.8 Å². The van der Waals surface area contributed by atoms with Crippen molar-refractivity contribution in [1.82, 2.24) is 15.1 Å². The number of urea groups is 1. The predicted molar refractivity (Wildman–Crippen MR) is 109 cm³/mol. The number of rotatable bonds is 2. The average Bonchev–Trinajstić information content (AvgIpc) is 3.01. The van der Waals surface area contributed by atoms with Gasteiger partial charge in [-0.05, 0) is 56.3 Å². The normalized spacial score (nSPS) is 24.3. The van der Waals surface area contributed by atoms with Crippen molar-refractivity contribution >= 4 is 41.6 Å². The Bertz CT molecular complexity index is 687. The lowest BCUT2D eigenvalue weighted by Gasteiger charge is -2.23. The van der Waals surface area contributed by atoms with Crippen molar-refractivity contribution in [3.8, 4) is 0 Å². The van der Waals surface area contributed by atoms with E-state index in [0.717, 1.165) is 45.4 Å². The Morgan fingerprint density at radius 2 is 1.89 bits per heavy atom. The van der Waals surface area contributed by atoms with Gasteiger partial charge in [0.15, 0.2) is 0 Å². The topological polar surface area (TPSA) is 64.7 Å². The molecule has 148 valence electrons. The van der Waals surface area contributed by atoms with E-state index < -0.39 is 0 Å². The maximum absolute atomic E-state index is 12.8. The first-order chi connectivity index (χ1) is 12.6. The quantitative estimate of drug-likeness (QED) is 0.783. The third-order valence-electron chi connectivity index (χ3n) is 5.67. The van der Waals surface area contributed by atoms with Crippen molar-refractivity contribution in [2.75, 3.05) is 38.0 Å². The predicted octanol–water partition coefficient (Wildman–Crippen LogP) is 3.21. The van der Waals surface area contributed by atoms with E-state index in [-0.39, 0.29) is 24.3 Å². The third-order valence-corrected chi connectivity index (χ3v) is 6.00. The van der Waals surface area contributed by atoms with Crippen LogP contribution in [0.2, 0.25) is 5.02 Å². The fourth-order valence-corrected chi connectivity index (χ4v) is 4.32. The summed E-state index contributed by atoms with van der Waals surface area (Å²) in [7, 11) is 0. The molecule has 2 atom stereocenters. The molecule has 2 N–H and O–H groups in total. The number of hydrogen-bond donors (Lipinski definition) is 2. The molecule has 4 heterocycles. The Morgan fingerprint density at radius 1 is 1.11 bits per heavy atom. The van der Waals surface area contributed by atoms with Gasteiger partial charge in [0.2, 0.25) is 0 Å². The van der Waals surface area contributed by atoms with Crippen LogP contribution in [0.5, 0.6) is 0 Å². The second-order valence-corrected chi connectivity index (χ2v) is 7.98. The number of anilines is 1. The Hall–Kier alpha value is -1.50. The van der Waals surface area contributed by atoms with Gasteiger partial charge < -0.3 is 20.4 Å². The second kappa shape index (κ2) is 8.67. The minimum Gasteiger partial charge on any atom is -0.339 e. The maximum atomic E-state index is 12.8. The highest BCUT2D eigenvalue weighted by molar-refractivity contribution is 6.33. The zero-order chi connectivity index (χ0) is 18.1. The number of amides is 3. The van der Waals surface area contributed by atoms with Gasteiger partial charge in [-0.15, -0.1) is 12.4 Å². The SMILES string of the molecule is Cl.O=C(Nc1cc(C(=O)N2CCCC2)ccc1Cl)N1C[C@H]2CC[C@@H](C1)NC2. The number of carbonyl (C=O) groups is 2. The van der Waals surface area contributed by atoms with E-state index in [4.69, 9.17) is 11.6 Å². The molecule has 4 saturated heterocycles. The highest BCUT2D eigenvalue weighted by Gasteiger charge is 2.31. The van der Waals surface area contributed by atoms with Crippen LogP contribution < -0.4 is 10.6 Å². The zero-order valence-corrected chi connectivity index (χ0v) is 16.8. The van der Waals surface area contributed by atoms with Crippen LogP contribution in [0.1, 0.15) is 36.0 Å². The highest BCUT2D eigenvalue weighted by atomic mass is 35.5. The van der Waals surface area contributed by atoms with E-state index >= 15 is 0 Å². The second-order valence-electron chi connectivity index (χ2n) is 7.58. The van der Waals surface area contributed by atoms with E-state index in [1.165, 1.54) is 6.42 Å². The summed E-state index contributed by atoms with van der Waals surface area (Å²) in [4.78, 5) is 29.1. The molecule has 1 aromatic carbocycles. The van der Waals surface area contributed by atoms with Crippen LogP contribution >= 0.6 is 24.0 Å². The summed E-state index contributed by atoms with van der Waals surface area (Å²) < 4.78 is 0. The number of halogens is 2. The molecule has 2 bridgehead atoms. The van der Waals surface area contributed by atoms with Gasteiger partial charge in [0.25, 0.3) is 5.91 Å². The lowest BCUT2D eigenvalue weighted by molar-refractivity contribution is 0.0793. The van der Waals surface area contributed by atoms with Crippen molar-refractivity contribution < 1.29 is 9.59 Å². The molecule has 1 aromatic rings. The van der Waals surface area contributed by atoms with Crippen LogP contribution in [-0.2, 0) is 0 Å². The molecule has 4 aliphatic heterocycles. The van der Waals surface area contributed by atoms with E-state index in [1.807, 2.05) is 9.80 Å². The largest absolute Gasteiger partial charge is 0.339 e. The minimum atomic E-state index is -0.140. The highest BCUT2D eigenvalue weighted by Crippen LogP contribution is 2.26. The average molecular weight is 413 g/mol. The summed E-state index contributed by atoms with van der Waals surface area (Å²) in [5.74, 6) is 0.518. The molecule has 0 radical (unpaired) electrons. The number of nitrogens with zero attached hydrogens (tertiary/aromatic N) is 2. The van der Waals surface area contributed by atoms with E-state index in [0.29, 0.717) is 34.8 Å². The fourth-order valence-electron chi connectivity index (χ4n) is 4.16. The van der Waals surface area contributed by atoms with E-state index in [2.05, 4.69) is 10.6 Å². The molecule has 6 nitrogen and oxygen atoms in total. The number of fused-ring (bicyclic) bond motifs is 4. The van der Waals surface area contributed by atoms with Gasteiger partial charge in [0.05, 0.1) is 10.7 Å². The van der Waals surface area contributed by atoms with Crippen LogP contribution in [0, 0.1) is 5.92 Å². The smallest absolute Gasteiger partial charge is 0.321 e. The van der Waals surface area contributed by atoms with Crippen molar-refractivity contribution in [1.29, 1.82) is 0 Å². The molecule has 27 heavy (non-hydrogen) atoms. The Kier molecular flexibility index (Phi) is 6.50. The Labute approximate surface area is 171 Å². The molecular formula is C19H26Cl2N4O2. The van der Waals surface area contributed by atoms with Crippen LogP contribution in [-0.4, -0.2) is 60.5 Å². The van der Waals surface area contributed by atoms with E-state index in [1.54, 1.807) is 18.2 Å². The van der Waals surface area contributed by atoms with Gasteiger partial charge in [-0.3, -0.25) is 4.79 Å². The molecular weight excluding hydrogens is 387 g/mol. The number of hydrogen-bond acceptors (Lipinski definition) is 3. The number of benzene rings is 1. The van der Waals surface area contributed by atoms with Crippen LogP contribution in [0.4, 0.5) is 10.5 Å². The van der Waals surface area contributed by atoms with Gasteiger partial charge in [0.1, 0.15) is 0 Å². The lowest BCUT2D eigenvalue weighted by Crippen LogP contribution is -2.42. The molecule has 0 unspecified atom stereocenters. The molecule has 0 aromatic heterocycles. The first-order valence-electron chi connectivity index (χ1n) is 9.48. The molecule has 0 spiro atoms. The molecule has 4 fully saturated rings. The molecule has 4 aliphatic rings. The number of likely N-dealkylation sites (tertiary alicyclic amines) is 1. The number of piperidine rings is 1. The Morgan fingerprint density at radius 3 is 2.59 bits per heavy atom. The van der Waals surface area contributed by atoms with Gasteiger partial charge >= 0.3 is 6.03 Å². The number of nitrogens with one attached hydrogen (secondary N) is 2. The van der Waals surface area contributed by atoms with Crippen molar-refractivity contribution in [2.45, 2.75) is 31.7 Å². The maximum Gasteiger partial charge on any atom is 0.321 e.